The topological polar surface area (TPSA) is 78.8 Å². The molecule has 2 unspecified atom stereocenters. The van der Waals surface area contributed by atoms with Crippen molar-refractivity contribution >= 4 is 5.91 Å². The van der Waals surface area contributed by atoms with E-state index in [1.54, 1.807) is 0 Å². The van der Waals surface area contributed by atoms with Crippen molar-refractivity contribution in [1.82, 2.24) is 5.32 Å². The standard InChI is InChI=1S/C14H19NO4/c1-2-12-9(6-7-19-12)8-15-14(18)10-4-3-5-11(16)13(10)17/h3-5,9,12,16-17H,2,6-8H2,1H3,(H,15,18). The Balaban J connectivity index is 1.96. The highest BCUT2D eigenvalue weighted by Crippen LogP contribution is 2.28. The van der Waals surface area contributed by atoms with Crippen LogP contribution in [0.25, 0.3) is 0 Å². The fraction of sp³-hybridized carbons (Fsp3) is 0.500. The number of carbonyl (C=O) groups is 1. The Hall–Kier alpha value is -1.75. The molecule has 3 N–H and O–H groups in total. The molecule has 0 radical (unpaired) electrons. The lowest BCUT2D eigenvalue weighted by molar-refractivity contribution is 0.0825. The lowest BCUT2D eigenvalue weighted by Crippen LogP contribution is -2.32. The van der Waals surface area contributed by atoms with Gasteiger partial charge in [0.2, 0.25) is 0 Å². The van der Waals surface area contributed by atoms with Crippen LogP contribution < -0.4 is 5.32 Å². The van der Waals surface area contributed by atoms with Crippen LogP contribution in [-0.4, -0.2) is 35.4 Å². The smallest absolute Gasteiger partial charge is 0.255 e. The maximum Gasteiger partial charge on any atom is 0.255 e. The first-order valence-corrected chi connectivity index (χ1v) is 6.54. The van der Waals surface area contributed by atoms with Gasteiger partial charge in [-0.25, -0.2) is 0 Å². The van der Waals surface area contributed by atoms with Crippen molar-refractivity contribution in [2.45, 2.75) is 25.9 Å². The van der Waals surface area contributed by atoms with Crippen LogP contribution in [0, 0.1) is 5.92 Å². The van der Waals surface area contributed by atoms with Gasteiger partial charge in [0.25, 0.3) is 5.91 Å². The number of hydrogen-bond acceptors (Lipinski definition) is 4. The Morgan fingerprint density at radius 1 is 1.47 bits per heavy atom. The molecule has 1 aliphatic rings. The number of benzene rings is 1. The third-order valence-electron chi connectivity index (χ3n) is 3.53. The van der Waals surface area contributed by atoms with Crippen molar-refractivity contribution in [3.8, 4) is 11.5 Å². The van der Waals surface area contributed by atoms with Gasteiger partial charge in [-0.1, -0.05) is 13.0 Å². The molecule has 1 heterocycles. The van der Waals surface area contributed by atoms with E-state index in [2.05, 4.69) is 12.2 Å². The first-order chi connectivity index (χ1) is 9.13. The van der Waals surface area contributed by atoms with Gasteiger partial charge >= 0.3 is 0 Å². The minimum atomic E-state index is -0.380. The number of phenols is 2. The number of aromatic hydroxyl groups is 2. The second-order valence-electron chi connectivity index (χ2n) is 4.75. The number of ether oxygens (including phenoxy) is 1. The van der Waals surface area contributed by atoms with E-state index in [1.165, 1.54) is 18.2 Å². The number of hydrogen-bond donors (Lipinski definition) is 3. The molecule has 5 nitrogen and oxygen atoms in total. The van der Waals surface area contributed by atoms with E-state index in [-0.39, 0.29) is 29.1 Å². The molecule has 1 aromatic rings. The average molecular weight is 265 g/mol. The number of amides is 1. The maximum atomic E-state index is 11.9. The van der Waals surface area contributed by atoms with E-state index in [9.17, 15) is 15.0 Å². The van der Waals surface area contributed by atoms with Crippen LogP contribution >= 0.6 is 0 Å². The summed E-state index contributed by atoms with van der Waals surface area (Å²) in [6.07, 6.45) is 2.06. The van der Waals surface area contributed by atoms with Crippen LogP contribution in [0.5, 0.6) is 11.5 Å². The van der Waals surface area contributed by atoms with Gasteiger partial charge < -0.3 is 20.3 Å². The molecule has 0 spiro atoms. The zero-order chi connectivity index (χ0) is 13.8. The first-order valence-electron chi connectivity index (χ1n) is 6.54. The fourth-order valence-electron chi connectivity index (χ4n) is 2.41. The van der Waals surface area contributed by atoms with E-state index in [0.29, 0.717) is 12.5 Å². The van der Waals surface area contributed by atoms with Crippen LogP contribution in [0.4, 0.5) is 0 Å². The molecule has 5 heteroatoms. The van der Waals surface area contributed by atoms with E-state index in [4.69, 9.17) is 4.74 Å². The van der Waals surface area contributed by atoms with Gasteiger partial charge in [0.15, 0.2) is 11.5 Å². The van der Waals surface area contributed by atoms with Gasteiger partial charge in [0.05, 0.1) is 11.7 Å². The minimum absolute atomic E-state index is 0.0898. The summed E-state index contributed by atoms with van der Waals surface area (Å²) < 4.78 is 5.55. The Labute approximate surface area is 112 Å². The van der Waals surface area contributed by atoms with Gasteiger partial charge in [-0.3, -0.25) is 4.79 Å². The summed E-state index contributed by atoms with van der Waals surface area (Å²) in [5.74, 6) is -0.735. The Morgan fingerprint density at radius 3 is 3.00 bits per heavy atom. The monoisotopic (exact) mass is 265 g/mol. The number of rotatable bonds is 4. The van der Waals surface area contributed by atoms with Gasteiger partial charge in [-0.2, -0.15) is 0 Å². The summed E-state index contributed by atoms with van der Waals surface area (Å²) >= 11 is 0. The molecule has 1 aliphatic heterocycles. The Bertz CT molecular complexity index is 461. The number of carbonyl (C=O) groups excluding carboxylic acids is 1. The third-order valence-corrected chi connectivity index (χ3v) is 3.53. The molecule has 19 heavy (non-hydrogen) atoms. The summed E-state index contributed by atoms with van der Waals surface area (Å²) in [5, 5.41) is 21.8. The highest BCUT2D eigenvalue weighted by molar-refractivity contribution is 5.97. The van der Waals surface area contributed by atoms with Crippen LogP contribution in [0.15, 0.2) is 18.2 Å². The van der Waals surface area contributed by atoms with Crippen LogP contribution in [-0.2, 0) is 4.74 Å². The number of phenolic OH excluding ortho intramolecular Hbond substituents is 2. The molecule has 0 saturated carbocycles. The first kappa shape index (κ1) is 13.7. The van der Waals surface area contributed by atoms with E-state index >= 15 is 0 Å². The molecule has 2 atom stereocenters. The summed E-state index contributed by atoms with van der Waals surface area (Å²) in [7, 11) is 0. The minimum Gasteiger partial charge on any atom is -0.504 e. The molecular weight excluding hydrogens is 246 g/mol. The zero-order valence-corrected chi connectivity index (χ0v) is 10.9. The maximum absolute atomic E-state index is 11.9. The predicted molar refractivity (Wildman–Crippen MR) is 70.2 cm³/mol. The van der Waals surface area contributed by atoms with Crippen LogP contribution in [0.3, 0.4) is 0 Å². The number of nitrogens with one attached hydrogen (secondary N) is 1. The lowest BCUT2D eigenvalue weighted by atomic mass is 9.99. The highest BCUT2D eigenvalue weighted by Gasteiger charge is 2.27. The normalized spacial score (nSPS) is 22.4. The summed E-state index contributed by atoms with van der Waals surface area (Å²) in [5.41, 5.74) is 0.0898. The van der Waals surface area contributed by atoms with Crippen molar-refractivity contribution in [3.63, 3.8) is 0 Å². The highest BCUT2D eigenvalue weighted by atomic mass is 16.5. The molecule has 0 bridgehead atoms. The largest absolute Gasteiger partial charge is 0.504 e. The van der Waals surface area contributed by atoms with Crippen molar-refractivity contribution in [2.75, 3.05) is 13.2 Å². The summed E-state index contributed by atoms with van der Waals surface area (Å²) in [6.45, 7) is 3.31. The molecule has 0 aliphatic carbocycles. The van der Waals surface area contributed by atoms with Crippen LogP contribution in [0.2, 0.25) is 0 Å². The van der Waals surface area contributed by atoms with Gasteiger partial charge in [-0.05, 0) is 25.0 Å². The molecule has 0 aromatic heterocycles. The van der Waals surface area contributed by atoms with Gasteiger partial charge in [0, 0.05) is 19.1 Å². The quantitative estimate of drug-likeness (QED) is 0.723. The third kappa shape index (κ3) is 2.98. The van der Waals surface area contributed by atoms with Gasteiger partial charge in [-0.15, -0.1) is 0 Å². The zero-order valence-electron chi connectivity index (χ0n) is 10.9. The summed E-state index contributed by atoms with van der Waals surface area (Å²) in [6, 6.07) is 4.34. The molecule has 1 fully saturated rings. The van der Waals surface area contributed by atoms with Gasteiger partial charge in [0.1, 0.15) is 0 Å². The Kier molecular flexibility index (Phi) is 4.27. The molecule has 1 aromatic carbocycles. The summed E-state index contributed by atoms with van der Waals surface area (Å²) in [4.78, 5) is 11.9. The van der Waals surface area contributed by atoms with E-state index in [1.807, 2.05) is 0 Å². The SMILES string of the molecule is CCC1OCCC1CNC(=O)c1cccc(O)c1O. The number of para-hydroxylation sites is 1. The fourth-order valence-corrected chi connectivity index (χ4v) is 2.41. The molecule has 2 rings (SSSR count). The Morgan fingerprint density at radius 2 is 2.26 bits per heavy atom. The van der Waals surface area contributed by atoms with Crippen molar-refractivity contribution in [3.05, 3.63) is 23.8 Å². The molecule has 104 valence electrons. The van der Waals surface area contributed by atoms with E-state index in [0.717, 1.165) is 19.4 Å². The average Bonchev–Trinajstić information content (AvgIpc) is 2.86. The van der Waals surface area contributed by atoms with Crippen molar-refractivity contribution < 1.29 is 19.7 Å². The molecule has 1 saturated heterocycles. The predicted octanol–water partition coefficient (Wildman–Crippen LogP) is 1.64. The van der Waals surface area contributed by atoms with Crippen molar-refractivity contribution in [2.24, 2.45) is 5.92 Å². The molecule has 1 amide bonds. The lowest BCUT2D eigenvalue weighted by Gasteiger charge is -2.17. The second kappa shape index (κ2) is 5.93. The van der Waals surface area contributed by atoms with Crippen LogP contribution in [0.1, 0.15) is 30.1 Å². The second-order valence-corrected chi connectivity index (χ2v) is 4.75. The van der Waals surface area contributed by atoms with E-state index < -0.39 is 0 Å². The van der Waals surface area contributed by atoms with Crippen molar-refractivity contribution in [1.29, 1.82) is 0 Å². The molecular formula is C14H19NO4.